The average molecular weight is 290 g/mol. The molecule has 21 heavy (non-hydrogen) atoms. The summed E-state index contributed by atoms with van der Waals surface area (Å²) >= 11 is 0. The number of aryl methyl sites for hydroxylation is 1. The van der Waals surface area contributed by atoms with E-state index >= 15 is 0 Å². The Kier molecular flexibility index (Phi) is 4.28. The van der Waals surface area contributed by atoms with Crippen molar-refractivity contribution >= 4 is 11.4 Å². The first-order valence-electron chi connectivity index (χ1n) is 6.61. The summed E-state index contributed by atoms with van der Waals surface area (Å²) in [6, 6.07) is 8.45. The number of nitro benzene ring substituents is 1. The third-order valence-electron chi connectivity index (χ3n) is 3.28. The Balaban J connectivity index is 2.31. The van der Waals surface area contributed by atoms with E-state index < -0.39 is 11.0 Å². The molecule has 0 fully saturated rings. The van der Waals surface area contributed by atoms with E-state index in [4.69, 9.17) is 4.42 Å². The van der Waals surface area contributed by atoms with Gasteiger partial charge in [0.2, 0.25) is 0 Å². The fourth-order valence-corrected chi connectivity index (χ4v) is 2.16. The molecule has 0 radical (unpaired) electrons. The molecule has 0 amide bonds. The molecule has 6 nitrogen and oxygen atoms in total. The molecule has 6 heteroatoms. The quantitative estimate of drug-likeness (QED) is 0.675. The number of nitro groups is 1. The van der Waals surface area contributed by atoms with Crippen LogP contribution in [-0.2, 0) is 6.54 Å². The number of nitrogens with zero attached hydrogens (tertiary/aromatic N) is 2. The van der Waals surface area contributed by atoms with Crippen molar-refractivity contribution in [2.75, 3.05) is 11.9 Å². The van der Waals surface area contributed by atoms with Crippen LogP contribution in [0, 0.1) is 17.0 Å². The van der Waals surface area contributed by atoms with Crippen molar-refractivity contribution in [2.24, 2.45) is 0 Å². The van der Waals surface area contributed by atoms with E-state index in [-0.39, 0.29) is 5.69 Å². The lowest BCUT2D eigenvalue weighted by atomic mass is 10.1. The average Bonchev–Trinajstić information content (AvgIpc) is 2.83. The first kappa shape index (κ1) is 15.1. The number of furan rings is 1. The fraction of sp³-hybridized carbons (Fsp3) is 0.333. The Hall–Kier alpha value is -2.34. The van der Waals surface area contributed by atoms with Gasteiger partial charge in [-0.25, -0.2) is 0 Å². The minimum Gasteiger partial charge on any atom is -0.464 e. The minimum absolute atomic E-state index is 0.0285. The second kappa shape index (κ2) is 5.97. The number of aliphatic hydroxyl groups excluding tert-OH is 1. The summed E-state index contributed by atoms with van der Waals surface area (Å²) in [5, 5.41) is 20.8. The molecule has 0 bridgehead atoms. The van der Waals surface area contributed by atoms with Crippen LogP contribution in [0.2, 0.25) is 0 Å². The molecular weight excluding hydrogens is 272 g/mol. The highest BCUT2D eigenvalue weighted by Gasteiger charge is 2.20. The van der Waals surface area contributed by atoms with Gasteiger partial charge < -0.3 is 14.4 Å². The Morgan fingerprint density at radius 2 is 2.10 bits per heavy atom. The van der Waals surface area contributed by atoms with Gasteiger partial charge in [0.15, 0.2) is 0 Å². The SMILES string of the molecule is Cc1ccc(CN(C)c2ccc([C@H](C)O)cc2[N+](=O)[O-])o1. The van der Waals surface area contributed by atoms with E-state index in [0.29, 0.717) is 17.8 Å². The van der Waals surface area contributed by atoms with Gasteiger partial charge in [-0.2, -0.15) is 0 Å². The first-order valence-corrected chi connectivity index (χ1v) is 6.61. The van der Waals surface area contributed by atoms with Crippen molar-refractivity contribution in [1.29, 1.82) is 0 Å². The lowest BCUT2D eigenvalue weighted by Gasteiger charge is -2.18. The Morgan fingerprint density at radius 3 is 2.62 bits per heavy atom. The Bertz CT molecular complexity index is 649. The summed E-state index contributed by atoms with van der Waals surface area (Å²) < 4.78 is 5.49. The summed E-state index contributed by atoms with van der Waals surface area (Å²) in [5.74, 6) is 1.54. The normalized spacial score (nSPS) is 12.2. The van der Waals surface area contributed by atoms with Gasteiger partial charge in [-0.05, 0) is 37.6 Å². The predicted molar refractivity (Wildman–Crippen MR) is 79.3 cm³/mol. The third-order valence-corrected chi connectivity index (χ3v) is 3.28. The second-order valence-corrected chi connectivity index (χ2v) is 5.05. The molecule has 0 saturated carbocycles. The van der Waals surface area contributed by atoms with Crippen LogP contribution in [0.3, 0.4) is 0 Å². The maximum Gasteiger partial charge on any atom is 0.292 e. The molecular formula is C15H18N2O4. The zero-order valence-electron chi connectivity index (χ0n) is 12.2. The number of hydrogen-bond donors (Lipinski definition) is 1. The molecule has 0 saturated heterocycles. The molecule has 0 unspecified atom stereocenters. The highest BCUT2D eigenvalue weighted by Crippen LogP contribution is 2.31. The first-order chi connectivity index (χ1) is 9.88. The molecule has 0 spiro atoms. The van der Waals surface area contributed by atoms with Gasteiger partial charge in [-0.15, -0.1) is 0 Å². The van der Waals surface area contributed by atoms with Gasteiger partial charge in [0.1, 0.15) is 17.2 Å². The van der Waals surface area contributed by atoms with Crippen LogP contribution in [0.15, 0.2) is 34.7 Å². The van der Waals surface area contributed by atoms with Gasteiger partial charge in [0.25, 0.3) is 5.69 Å². The molecule has 2 aromatic rings. The molecule has 112 valence electrons. The Labute approximate surface area is 122 Å². The fourth-order valence-electron chi connectivity index (χ4n) is 2.16. The smallest absolute Gasteiger partial charge is 0.292 e. The van der Waals surface area contributed by atoms with E-state index in [2.05, 4.69) is 0 Å². The highest BCUT2D eigenvalue weighted by molar-refractivity contribution is 5.64. The lowest BCUT2D eigenvalue weighted by molar-refractivity contribution is -0.384. The third kappa shape index (κ3) is 3.41. The van der Waals surface area contributed by atoms with Crippen LogP contribution in [-0.4, -0.2) is 17.1 Å². The molecule has 1 aromatic heterocycles. The molecule has 2 rings (SSSR count). The van der Waals surface area contributed by atoms with Crippen LogP contribution in [0.1, 0.15) is 30.1 Å². The summed E-state index contributed by atoms with van der Waals surface area (Å²) in [7, 11) is 1.77. The highest BCUT2D eigenvalue weighted by atomic mass is 16.6. The zero-order valence-corrected chi connectivity index (χ0v) is 12.2. The van der Waals surface area contributed by atoms with Crippen molar-refractivity contribution in [1.82, 2.24) is 0 Å². The van der Waals surface area contributed by atoms with Gasteiger partial charge in [-0.3, -0.25) is 10.1 Å². The minimum atomic E-state index is -0.740. The molecule has 0 aliphatic carbocycles. The second-order valence-electron chi connectivity index (χ2n) is 5.05. The number of benzene rings is 1. The maximum atomic E-state index is 11.2. The van der Waals surface area contributed by atoms with E-state index in [1.165, 1.54) is 6.07 Å². The Morgan fingerprint density at radius 1 is 1.38 bits per heavy atom. The van der Waals surface area contributed by atoms with Crippen LogP contribution >= 0.6 is 0 Å². The van der Waals surface area contributed by atoms with Crippen molar-refractivity contribution in [2.45, 2.75) is 26.5 Å². The van der Waals surface area contributed by atoms with Gasteiger partial charge in [0.05, 0.1) is 17.6 Å². The molecule has 1 N–H and O–H groups in total. The predicted octanol–water partition coefficient (Wildman–Crippen LogP) is 3.19. The van der Waals surface area contributed by atoms with Gasteiger partial charge >= 0.3 is 0 Å². The van der Waals surface area contributed by atoms with Gasteiger partial charge in [-0.1, -0.05) is 6.07 Å². The largest absolute Gasteiger partial charge is 0.464 e. The zero-order chi connectivity index (χ0) is 15.6. The van der Waals surface area contributed by atoms with E-state index in [9.17, 15) is 15.2 Å². The van der Waals surface area contributed by atoms with E-state index in [1.54, 1.807) is 31.0 Å². The number of anilines is 1. The van der Waals surface area contributed by atoms with Gasteiger partial charge in [0, 0.05) is 13.1 Å². The van der Waals surface area contributed by atoms with Crippen LogP contribution in [0.4, 0.5) is 11.4 Å². The molecule has 0 aliphatic rings. The summed E-state index contributed by atoms with van der Waals surface area (Å²) in [6.07, 6.45) is -0.740. The molecule has 1 aromatic carbocycles. The molecule has 0 aliphatic heterocycles. The number of aliphatic hydroxyl groups is 1. The summed E-state index contributed by atoms with van der Waals surface area (Å²) in [5.41, 5.74) is 0.977. The van der Waals surface area contributed by atoms with Crippen LogP contribution < -0.4 is 4.90 Å². The van der Waals surface area contributed by atoms with Crippen LogP contribution in [0.5, 0.6) is 0 Å². The molecule has 1 heterocycles. The standard InChI is InChI=1S/C15H18N2O4/c1-10-4-6-13(21-10)9-16(3)14-7-5-12(11(2)18)8-15(14)17(19)20/h4-8,11,18H,9H2,1-3H3/t11-/m0/s1. The number of rotatable bonds is 5. The maximum absolute atomic E-state index is 11.2. The van der Waals surface area contributed by atoms with Crippen LogP contribution in [0.25, 0.3) is 0 Å². The van der Waals surface area contributed by atoms with Crippen molar-refractivity contribution < 1.29 is 14.4 Å². The summed E-state index contributed by atoms with van der Waals surface area (Å²) in [6.45, 7) is 3.86. The van der Waals surface area contributed by atoms with Crippen molar-refractivity contribution in [3.63, 3.8) is 0 Å². The topological polar surface area (TPSA) is 79.8 Å². The van der Waals surface area contributed by atoms with Crippen molar-refractivity contribution in [3.8, 4) is 0 Å². The van der Waals surface area contributed by atoms with E-state index in [1.807, 2.05) is 19.1 Å². The lowest BCUT2D eigenvalue weighted by Crippen LogP contribution is -2.17. The number of hydrogen-bond acceptors (Lipinski definition) is 5. The van der Waals surface area contributed by atoms with Crippen molar-refractivity contribution in [3.05, 3.63) is 57.5 Å². The van der Waals surface area contributed by atoms with E-state index in [0.717, 1.165) is 11.5 Å². The molecule has 1 atom stereocenters. The monoisotopic (exact) mass is 290 g/mol. The summed E-state index contributed by atoms with van der Waals surface area (Å²) in [4.78, 5) is 12.5.